The van der Waals surface area contributed by atoms with Crippen LogP contribution in [0.25, 0.3) is 0 Å². The number of carbonyl (C=O) groups is 1. The van der Waals surface area contributed by atoms with Gasteiger partial charge in [0.15, 0.2) is 20.8 Å². The van der Waals surface area contributed by atoms with Crippen LogP contribution in [0, 0.1) is 0 Å². The molecule has 2 aromatic rings. The Balaban J connectivity index is 1.60. The highest BCUT2D eigenvalue weighted by Crippen LogP contribution is 2.26. The van der Waals surface area contributed by atoms with Gasteiger partial charge in [0.05, 0.1) is 23.9 Å². The first-order chi connectivity index (χ1) is 14.7. The van der Waals surface area contributed by atoms with Gasteiger partial charge in [-0.25, -0.2) is 8.42 Å². The van der Waals surface area contributed by atoms with E-state index >= 15 is 0 Å². The molecule has 1 aliphatic heterocycles. The number of methoxy groups -OCH3 is 1. The molecule has 1 aromatic carbocycles. The van der Waals surface area contributed by atoms with Crippen LogP contribution in [0.15, 0.2) is 29.4 Å². The van der Waals surface area contributed by atoms with Crippen LogP contribution in [0.5, 0.6) is 11.5 Å². The summed E-state index contributed by atoms with van der Waals surface area (Å²) in [5, 5.41) is 8.56. The highest BCUT2D eigenvalue weighted by atomic mass is 32.2. The van der Waals surface area contributed by atoms with E-state index in [4.69, 9.17) is 9.47 Å². The second-order valence-electron chi connectivity index (χ2n) is 7.36. The van der Waals surface area contributed by atoms with Crippen molar-refractivity contribution in [2.75, 3.05) is 25.2 Å². The summed E-state index contributed by atoms with van der Waals surface area (Å²) in [4.78, 5) is 14.6. The third-order valence-electron chi connectivity index (χ3n) is 5.26. The summed E-state index contributed by atoms with van der Waals surface area (Å²) in [7, 11) is 0.380. The molecule has 3 rings (SSSR count). The fraction of sp³-hybridized carbons (Fsp3) is 0.550. The Kier molecular flexibility index (Phi) is 7.47. The Labute approximate surface area is 187 Å². The number of benzene rings is 1. The molecule has 2 heterocycles. The molecular weight excluding hydrogens is 440 g/mol. The number of rotatable bonds is 9. The number of carbonyl (C=O) groups excluding carboxylic acids is 1. The van der Waals surface area contributed by atoms with E-state index in [2.05, 4.69) is 10.2 Å². The number of nitrogens with zero attached hydrogens (tertiary/aromatic N) is 4. The summed E-state index contributed by atoms with van der Waals surface area (Å²) in [5.41, 5.74) is 0. The predicted molar refractivity (Wildman–Crippen MR) is 118 cm³/mol. The van der Waals surface area contributed by atoms with E-state index in [0.717, 1.165) is 5.75 Å². The molecule has 1 amide bonds. The van der Waals surface area contributed by atoms with E-state index in [1.165, 1.54) is 11.8 Å². The van der Waals surface area contributed by atoms with Crippen molar-refractivity contribution in [3.05, 3.63) is 30.1 Å². The van der Waals surface area contributed by atoms with Gasteiger partial charge in [-0.2, -0.15) is 0 Å². The molecule has 0 aliphatic carbocycles. The van der Waals surface area contributed by atoms with Crippen LogP contribution in [0.1, 0.15) is 26.1 Å². The van der Waals surface area contributed by atoms with Gasteiger partial charge in [0.2, 0.25) is 5.91 Å². The van der Waals surface area contributed by atoms with Gasteiger partial charge in [-0.05, 0) is 44.5 Å². The minimum absolute atomic E-state index is 0.0424. The van der Waals surface area contributed by atoms with Crippen LogP contribution < -0.4 is 9.47 Å². The molecule has 0 N–H and O–H groups in total. The summed E-state index contributed by atoms with van der Waals surface area (Å²) in [6, 6.07) is 7.01. The molecule has 0 radical (unpaired) electrons. The van der Waals surface area contributed by atoms with Gasteiger partial charge in [0.1, 0.15) is 18.1 Å². The summed E-state index contributed by atoms with van der Waals surface area (Å²) in [6.45, 7) is 4.39. The van der Waals surface area contributed by atoms with Crippen LogP contribution in [0.4, 0.5) is 0 Å². The SMILES string of the molecule is CCN(C(=O)[C@H](C)Sc1nnc(COc2ccc(OC)cc2)n1C)[C@@H]1CCS(=O)(=O)C1. The smallest absolute Gasteiger partial charge is 0.236 e. The van der Waals surface area contributed by atoms with E-state index in [1.54, 1.807) is 23.5 Å². The zero-order chi connectivity index (χ0) is 22.6. The van der Waals surface area contributed by atoms with E-state index in [-0.39, 0.29) is 30.1 Å². The lowest BCUT2D eigenvalue weighted by atomic mass is 10.2. The van der Waals surface area contributed by atoms with Crippen molar-refractivity contribution >= 4 is 27.5 Å². The molecule has 0 spiro atoms. The molecule has 0 saturated carbocycles. The first kappa shape index (κ1) is 23.4. The van der Waals surface area contributed by atoms with Gasteiger partial charge in [-0.15, -0.1) is 10.2 Å². The highest BCUT2D eigenvalue weighted by molar-refractivity contribution is 8.00. The maximum atomic E-state index is 13.0. The zero-order valence-electron chi connectivity index (χ0n) is 18.1. The van der Waals surface area contributed by atoms with E-state index < -0.39 is 15.1 Å². The fourth-order valence-corrected chi connectivity index (χ4v) is 6.09. The van der Waals surface area contributed by atoms with Crippen LogP contribution >= 0.6 is 11.8 Å². The van der Waals surface area contributed by atoms with Crippen molar-refractivity contribution in [2.24, 2.45) is 7.05 Å². The van der Waals surface area contributed by atoms with Gasteiger partial charge in [-0.3, -0.25) is 4.79 Å². The van der Waals surface area contributed by atoms with E-state index in [9.17, 15) is 13.2 Å². The molecule has 1 fully saturated rings. The molecule has 0 bridgehead atoms. The van der Waals surface area contributed by atoms with Gasteiger partial charge in [0.25, 0.3) is 0 Å². The Morgan fingerprint density at radius 2 is 1.97 bits per heavy atom. The van der Waals surface area contributed by atoms with Crippen LogP contribution in [-0.4, -0.2) is 70.4 Å². The second kappa shape index (κ2) is 9.90. The molecule has 31 heavy (non-hydrogen) atoms. The van der Waals surface area contributed by atoms with Gasteiger partial charge in [-0.1, -0.05) is 11.8 Å². The molecule has 170 valence electrons. The molecular formula is C20H28N4O5S2. The van der Waals surface area contributed by atoms with Gasteiger partial charge in [0, 0.05) is 19.6 Å². The Morgan fingerprint density at radius 1 is 1.29 bits per heavy atom. The Morgan fingerprint density at radius 3 is 2.55 bits per heavy atom. The highest BCUT2D eigenvalue weighted by Gasteiger charge is 2.35. The number of aromatic nitrogens is 3. The second-order valence-corrected chi connectivity index (χ2v) is 10.9. The van der Waals surface area contributed by atoms with E-state index in [0.29, 0.717) is 29.7 Å². The number of sulfone groups is 1. The lowest BCUT2D eigenvalue weighted by molar-refractivity contribution is -0.131. The van der Waals surface area contributed by atoms with Crippen molar-refractivity contribution in [3.63, 3.8) is 0 Å². The maximum Gasteiger partial charge on any atom is 0.236 e. The number of hydrogen-bond acceptors (Lipinski definition) is 8. The largest absolute Gasteiger partial charge is 0.497 e. The molecule has 9 nitrogen and oxygen atoms in total. The Hall–Kier alpha value is -2.27. The predicted octanol–water partition coefficient (Wildman–Crippen LogP) is 1.92. The first-order valence-electron chi connectivity index (χ1n) is 10.1. The van der Waals surface area contributed by atoms with Crippen LogP contribution in [0.2, 0.25) is 0 Å². The maximum absolute atomic E-state index is 13.0. The standard InChI is InChI=1S/C20H28N4O5S2/c1-5-24(15-10-11-31(26,27)13-15)19(25)14(2)30-20-22-21-18(23(20)3)12-29-17-8-6-16(28-4)7-9-17/h6-9,14-15H,5,10-13H2,1-4H3/t14-,15+/m0/s1. The monoisotopic (exact) mass is 468 g/mol. The van der Waals surface area contributed by atoms with Crippen molar-refractivity contribution in [1.82, 2.24) is 19.7 Å². The average molecular weight is 469 g/mol. The summed E-state index contributed by atoms with van der Waals surface area (Å²) in [6.07, 6.45) is 0.496. The number of amides is 1. The molecule has 1 aromatic heterocycles. The normalized spacial score (nSPS) is 18.5. The fourth-order valence-electron chi connectivity index (χ4n) is 3.45. The van der Waals surface area contributed by atoms with Gasteiger partial charge >= 0.3 is 0 Å². The molecule has 1 saturated heterocycles. The third-order valence-corrected chi connectivity index (χ3v) is 8.13. The lowest BCUT2D eigenvalue weighted by Crippen LogP contribution is -2.44. The summed E-state index contributed by atoms with van der Waals surface area (Å²) >= 11 is 1.30. The third kappa shape index (κ3) is 5.70. The average Bonchev–Trinajstić information content (AvgIpc) is 3.29. The molecule has 11 heteroatoms. The first-order valence-corrected chi connectivity index (χ1v) is 12.8. The van der Waals surface area contributed by atoms with Crippen molar-refractivity contribution < 1.29 is 22.7 Å². The Bertz CT molecular complexity index is 1010. The van der Waals surface area contributed by atoms with Gasteiger partial charge < -0.3 is 18.9 Å². The summed E-state index contributed by atoms with van der Waals surface area (Å²) in [5.74, 6) is 2.16. The van der Waals surface area contributed by atoms with E-state index in [1.807, 2.05) is 38.2 Å². The molecule has 1 aliphatic rings. The van der Waals surface area contributed by atoms with Crippen LogP contribution in [-0.2, 0) is 28.3 Å². The molecule has 2 atom stereocenters. The molecule has 0 unspecified atom stereocenters. The number of hydrogen-bond donors (Lipinski definition) is 0. The zero-order valence-corrected chi connectivity index (χ0v) is 19.8. The minimum Gasteiger partial charge on any atom is -0.497 e. The van der Waals surface area contributed by atoms with Crippen LogP contribution in [0.3, 0.4) is 0 Å². The van der Waals surface area contributed by atoms with Crippen molar-refractivity contribution in [2.45, 2.75) is 43.3 Å². The number of thioether (sulfide) groups is 1. The quantitative estimate of drug-likeness (QED) is 0.514. The topological polar surface area (TPSA) is 104 Å². The number of ether oxygens (including phenoxy) is 2. The van der Waals surface area contributed by atoms with Crippen molar-refractivity contribution in [1.29, 1.82) is 0 Å². The lowest BCUT2D eigenvalue weighted by Gasteiger charge is -2.29. The van der Waals surface area contributed by atoms with Crippen molar-refractivity contribution in [3.8, 4) is 11.5 Å². The minimum atomic E-state index is -3.05. The summed E-state index contributed by atoms with van der Waals surface area (Å²) < 4.78 is 36.3.